The van der Waals surface area contributed by atoms with Gasteiger partial charge in [0.2, 0.25) is 0 Å². The van der Waals surface area contributed by atoms with E-state index >= 15 is 0 Å². The average Bonchev–Trinajstić information content (AvgIpc) is 2.58. The summed E-state index contributed by atoms with van der Waals surface area (Å²) in [4.78, 5) is 2.31. The monoisotopic (exact) mass is 280 g/mol. The normalized spacial score (nSPS) is 20.8. The molecule has 0 aliphatic carbocycles. The third kappa shape index (κ3) is 3.51. The fraction of sp³-hybridized carbons (Fsp3) is 0.455. The van der Waals surface area contributed by atoms with Crippen LogP contribution in [0, 0.1) is 0 Å². The van der Waals surface area contributed by atoms with Crippen LogP contribution in [-0.2, 0) is 6.54 Å². The van der Waals surface area contributed by atoms with E-state index in [0.717, 1.165) is 41.7 Å². The maximum Gasteiger partial charge on any atom is 0.0452 e. The molecule has 1 fully saturated rings. The predicted octanol–water partition coefficient (Wildman–Crippen LogP) is 2.95. The van der Waals surface area contributed by atoms with Crippen molar-refractivity contribution in [3.8, 4) is 0 Å². The number of hydrogen-bond acceptors (Lipinski definition) is 2. The van der Waals surface area contributed by atoms with Gasteiger partial charge in [-0.25, -0.2) is 0 Å². The maximum absolute atomic E-state index is 6.09. The smallest absolute Gasteiger partial charge is 0.0452 e. The second kappa shape index (κ2) is 6.08. The molecule has 90 valence electrons. The van der Waals surface area contributed by atoms with Crippen LogP contribution in [0.5, 0.6) is 0 Å². The van der Waals surface area contributed by atoms with E-state index in [2.05, 4.69) is 4.90 Å². The van der Waals surface area contributed by atoms with Crippen molar-refractivity contribution in [3.63, 3.8) is 0 Å². The van der Waals surface area contributed by atoms with Crippen LogP contribution in [0.4, 0.5) is 0 Å². The third-order valence-electron chi connectivity index (χ3n) is 2.71. The summed E-state index contributed by atoms with van der Waals surface area (Å²) in [6.07, 6.45) is 1.07. The van der Waals surface area contributed by atoms with Gasteiger partial charge in [0, 0.05) is 35.7 Å². The van der Waals surface area contributed by atoms with Gasteiger partial charge in [0.05, 0.1) is 0 Å². The van der Waals surface area contributed by atoms with Crippen LogP contribution in [0.15, 0.2) is 18.2 Å². The van der Waals surface area contributed by atoms with Gasteiger partial charge in [-0.3, -0.25) is 4.90 Å². The number of rotatable bonds is 2. The van der Waals surface area contributed by atoms with Crippen molar-refractivity contribution in [1.82, 2.24) is 4.90 Å². The zero-order valence-corrected chi connectivity index (χ0v) is 11.2. The second-order valence-electron chi connectivity index (χ2n) is 4.02. The van der Waals surface area contributed by atoms with E-state index in [1.54, 1.807) is 0 Å². The van der Waals surface area contributed by atoms with Crippen LogP contribution >= 0.6 is 35.6 Å². The lowest BCUT2D eigenvalue weighted by molar-refractivity contribution is 0.327. The van der Waals surface area contributed by atoms with E-state index in [-0.39, 0.29) is 12.4 Å². The summed E-state index contributed by atoms with van der Waals surface area (Å²) in [5.41, 5.74) is 6.93. The van der Waals surface area contributed by atoms with Crippen LogP contribution < -0.4 is 5.73 Å². The Morgan fingerprint density at radius 2 is 2.12 bits per heavy atom. The zero-order valence-electron chi connectivity index (χ0n) is 8.83. The Kier molecular flexibility index (Phi) is 5.35. The van der Waals surface area contributed by atoms with E-state index in [1.165, 1.54) is 0 Å². The fourth-order valence-corrected chi connectivity index (χ4v) is 2.28. The molecule has 2 rings (SSSR count). The van der Waals surface area contributed by atoms with Gasteiger partial charge in [0.15, 0.2) is 0 Å². The van der Waals surface area contributed by atoms with Crippen LogP contribution in [0.2, 0.25) is 10.0 Å². The summed E-state index contributed by atoms with van der Waals surface area (Å²) in [7, 11) is 0. The Morgan fingerprint density at radius 1 is 1.38 bits per heavy atom. The minimum absolute atomic E-state index is 0. The molecule has 0 saturated carbocycles. The molecule has 0 bridgehead atoms. The Morgan fingerprint density at radius 3 is 2.75 bits per heavy atom. The molecular formula is C11H15Cl3N2. The van der Waals surface area contributed by atoms with Crippen molar-refractivity contribution in [2.45, 2.75) is 19.0 Å². The third-order valence-corrected chi connectivity index (χ3v) is 3.31. The SMILES string of the molecule is Cl.N[C@H]1CCN(Cc2cc(Cl)ccc2Cl)C1. The van der Waals surface area contributed by atoms with E-state index in [0.29, 0.717) is 6.04 Å². The Bertz CT molecular complexity index is 357. The highest BCUT2D eigenvalue weighted by Crippen LogP contribution is 2.23. The lowest BCUT2D eigenvalue weighted by atomic mass is 10.2. The van der Waals surface area contributed by atoms with Crippen molar-refractivity contribution < 1.29 is 0 Å². The highest BCUT2D eigenvalue weighted by Gasteiger charge is 2.19. The van der Waals surface area contributed by atoms with Crippen molar-refractivity contribution in [2.75, 3.05) is 13.1 Å². The first-order valence-corrected chi connectivity index (χ1v) is 5.82. The first-order chi connectivity index (χ1) is 7.15. The molecule has 0 radical (unpaired) electrons. The van der Waals surface area contributed by atoms with Gasteiger partial charge < -0.3 is 5.73 Å². The highest BCUT2D eigenvalue weighted by molar-refractivity contribution is 6.33. The molecule has 2 nitrogen and oxygen atoms in total. The summed E-state index contributed by atoms with van der Waals surface area (Å²) in [5.74, 6) is 0. The molecule has 0 spiro atoms. The molecule has 1 saturated heterocycles. The van der Waals surface area contributed by atoms with Crippen LogP contribution in [-0.4, -0.2) is 24.0 Å². The van der Waals surface area contributed by atoms with Crippen molar-refractivity contribution in [1.29, 1.82) is 0 Å². The van der Waals surface area contributed by atoms with E-state index in [1.807, 2.05) is 18.2 Å². The molecule has 1 heterocycles. The standard InChI is InChI=1S/C11H14Cl2N2.ClH/c12-9-1-2-11(13)8(5-9)6-15-4-3-10(14)7-15;/h1-2,5,10H,3-4,6-7,14H2;1H/t10-;/m0./s1. The van der Waals surface area contributed by atoms with Crippen LogP contribution in [0.1, 0.15) is 12.0 Å². The van der Waals surface area contributed by atoms with Gasteiger partial charge in [-0.05, 0) is 30.2 Å². The number of nitrogens with two attached hydrogens (primary N) is 1. The molecule has 0 unspecified atom stereocenters. The summed E-state index contributed by atoms with van der Waals surface area (Å²) in [6, 6.07) is 5.88. The van der Waals surface area contributed by atoms with Crippen molar-refractivity contribution in [2.24, 2.45) is 5.73 Å². The molecule has 1 aliphatic heterocycles. The molecule has 16 heavy (non-hydrogen) atoms. The molecule has 2 N–H and O–H groups in total. The molecule has 0 amide bonds. The Labute approximate surface area is 112 Å². The van der Waals surface area contributed by atoms with Gasteiger partial charge in [-0.15, -0.1) is 12.4 Å². The summed E-state index contributed by atoms with van der Waals surface area (Å²) in [5, 5.41) is 1.51. The molecule has 5 heteroatoms. The van der Waals surface area contributed by atoms with Gasteiger partial charge in [0.1, 0.15) is 0 Å². The molecule has 1 atom stereocenters. The summed E-state index contributed by atoms with van der Waals surface area (Å²) >= 11 is 12.0. The highest BCUT2D eigenvalue weighted by atomic mass is 35.5. The molecule has 1 aromatic rings. The van der Waals surface area contributed by atoms with Crippen molar-refractivity contribution >= 4 is 35.6 Å². The quantitative estimate of drug-likeness (QED) is 0.903. The lowest BCUT2D eigenvalue weighted by Gasteiger charge is -2.16. The molecule has 1 aliphatic rings. The Hall–Kier alpha value is 0.01000. The first kappa shape index (κ1) is 14.1. The lowest BCUT2D eigenvalue weighted by Crippen LogP contribution is -2.26. The van der Waals surface area contributed by atoms with E-state index in [4.69, 9.17) is 28.9 Å². The van der Waals surface area contributed by atoms with Gasteiger partial charge in [-0.2, -0.15) is 0 Å². The fourth-order valence-electron chi connectivity index (χ4n) is 1.91. The zero-order chi connectivity index (χ0) is 10.8. The first-order valence-electron chi connectivity index (χ1n) is 5.07. The summed E-state index contributed by atoms with van der Waals surface area (Å²) in [6.45, 7) is 2.83. The molecule has 1 aromatic carbocycles. The number of likely N-dealkylation sites (tertiary alicyclic amines) is 1. The van der Waals surface area contributed by atoms with E-state index < -0.39 is 0 Å². The number of nitrogens with zero attached hydrogens (tertiary/aromatic N) is 1. The minimum atomic E-state index is 0. The average molecular weight is 282 g/mol. The van der Waals surface area contributed by atoms with Crippen molar-refractivity contribution in [3.05, 3.63) is 33.8 Å². The van der Waals surface area contributed by atoms with Crippen LogP contribution in [0.3, 0.4) is 0 Å². The van der Waals surface area contributed by atoms with Gasteiger partial charge >= 0.3 is 0 Å². The summed E-state index contributed by atoms with van der Waals surface area (Å²) < 4.78 is 0. The van der Waals surface area contributed by atoms with Gasteiger partial charge in [-0.1, -0.05) is 23.2 Å². The number of hydrogen-bond donors (Lipinski definition) is 1. The Balaban J connectivity index is 0.00000128. The topological polar surface area (TPSA) is 29.3 Å². The van der Waals surface area contributed by atoms with Gasteiger partial charge in [0.25, 0.3) is 0 Å². The number of benzene rings is 1. The maximum atomic E-state index is 6.09. The molecular weight excluding hydrogens is 266 g/mol. The molecule has 0 aromatic heterocycles. The largest absolute Gasteiger partial charge is 0.326 e. The van der Waals surface area contributed by atoms with Crippen LogP contribution in [0.25, 0.3) is 0 Å². The second-order valence-corrected chi connectivity index (χ2v) is 4.86. The van der Waals surface area contributed by atoms with E-state index in [9.17, 15) is 0 Å². The predicted molar refractivity (Wildman–Crippen MR) is 71.6 cm³/mol. The number of halogens is 3. The minimum Gasteiger partial charge on any atom is -0.326 e.